The van der Waals surface area contributed by atoms with E-state index in [1.54, 1.807) is 12.1 Å². The van der Waals surface area contributed by atoms with Crippen molar-refractivity contribution in [1.29, 1.82) is 0 Å². The smallest absolute Gasteiger partial charge is 0.395 e. The van der Waals surface area contributed by atoms with E-state index >= 15 is 0 Å². The van der Waals surface area contributed by atoms with Gasteiger partial charge < -0.3 is 14.8 Å². The van der Waals surface area contributed by atoms with Crippen LogP contribution < -0.4 is 14.8 Å². The van der Waals surface area contributed by atoms with E-state index in [1.807, 2.05) is 6.07 Å². The Kier molecular flexibility index (Phi) is 6.04. The van der Waals surface area contributed by atoms with Crippen LogP contribution in [0.5, 0.6) is 11.5 Å². The highest BCUT2D eigenvalue weighted by atomic mass is 35.5. The van der Waals surface area contributed by atoms with E-state index in [-0.39, 0.29) is 42.4 Å². The average molecular weight is 343 g/mol. The van der Waals surface area contributed by atoms with Crippen molar-refractivity contribution in [1.82, 2.24) is 10.2 Å². The molecule has 1 aromatic carbocycles. The van der Waals surface area contributed by atoms with Gasteiger partial charge in [-0.05, 0) is 24.6 Å². The summed E-state index contributed by atoms with van der Waals surface area (Å²) < 4.78 is 34.8. The van der Waals surface area contributed by atoms with Crippen LogP contribution in [0.3, 0.4) is 0 Å². The van der Waals surface area contributed by atoms with Gasteiger partial charge in [0.15, 0.2) is 11.5 Å². The molecule has 3 rings (SSSR count). The Balaban J connectivity index is 0.00000110. The Morgan fingerprint density at radius 2 is 1.76 bits per heavy atom. The second-order valence-corrected chi connectivity index (χ2v) is 4.84. The summed E-state index contributed by atoms with van der Waals surface area (Å²) in [5.41, 5.74) is 0.960. The number of piperazine rings is 1. The van der Waals surface area contributed by atoms with Crippen LogP contribution in [0.25, 0.3) is 0 Å². The third-order valence-electron chi connectivity index (χ3n) is 3.61. The largest absolute Gasteiger partial charge is 0.586 e. The van der Waals surface area contributed by atoms with Gasteiger partial charge in [-0.1, -0.05) is 6.07 Å². The van der Waals surface area contributed by atoms with E-state index in [4.69, 9.17) is 0 Å². The minimum atomic E-state index is -3.54. The van der Waals surface area contributed by atoms with E-state index in [0.29, 0.717) is 0 Å². The van der Waals surface area contributed by atoms with Gasteiger partial charge in [0.1, 0.15) is 0 Å². The number of nitrogens with one attached hydrogen (secondary N) is 1. The lowest BCUT2D eigenvalue weighted by Crippen LogP contribution is -2.44. The molecule has 1 saturated heterocycles. The molecule has 2 aliphatic heterocycles. The van der Waals surface area contributed by atoms with Crippen molar-refractivity contribution < 1.29 is 18.3 Å². The summed E-state index contributed by atoms with van der Waals surface area (Å²) in [5.74, 6) is 0.214. The summed E-state index contributed by atoms with van der Waals surface area (Å²) in [6.07, 6.45) is -3.54. The van der Waals surface area contributed by atoms with Gasteiger partial charge in [-0.2, -0.15) is 0 Å². The first-order valence-electron chi connectivity index (χ1n) is 6.40. The van der Waals surface area contributed by atoms with Crippen LogP contribution in [0.15, 0.2) is 18.2 Å². The van der Waals surface area contributed by atoms with E-state index in [9.17, 15) is 8.78 Å². The Labute approximate surface area is 134 Å². The third-order valence-corrected chi connectivity index (χ3v) is 3.61. The van der Waals surface area contributed by atoms with Crippen molar-refractivity contribution in [3.8, 4) is 11.5 Å². The van der Waals surface area contributed by atoms with Crippen LogP contribution in [0, 0.1) is 0 Å². The predicted molar refractivity (Wildman–Crippen MR) is 80.0 cm³/mol. The first-order valence-corrected chi connectivity index (χ1v) is 6.40. The zero-order chi connectivity index (χ0) is 13.5. The fraction of sp³-hybridized carbons (Fsp3) is 0.538. The maximum atomic E-state index is 13.0. The summed E-state index contributed by atoms with van der Waals surface area (Å²) in [6, 6.07) is 5.17. The maximum absolute atomic E-state index is 13.0. The highest BCUT2D eigenvalue weighted by Crippen LogP contribution is 2.42. The van der Waals surface area contributed by atoms with Crippen molar-refractivity contribution in [3.63, 3.8) is 0 Å². The van der Waals surface area contributed by atoms with Crippen LogP contribution in [-0.4, -0.2) is 37.4 Å². The molecule has 0 spiro atoms. The van der Waals surface area contributed by atoms with Crippen LogP contribution in [-0.2, 0) is 0 Å². The molecular weight excluding hydrogens is 325 g/mol. The van der Waals surface area contributed by atoms with E-state index in [0.717, 1.165) is 31.7 Å². The molecule has 1 unspecified atom stereocenters. The molecule has 0 bridgehead atoms. The fourth-order valence-corrected chi connectivity index (χ4v) is 2.51. The van der Waals surface area contributed by atoms with E-state index in [2.05, 4.69) is 26.6 Å². The molecule has 0 radical (unpaired) electrons. The minimum Gasteiger partial charge on any atom is -0.395 e. The number of fused-ring (bicyclic) bond motifs is 1. The Morgan fingerprint density at radius 3 is 2.43 bits per heavy atom. The Bertz CT molecular complexity index is 485. The lowest BCUT2D eigenvalue weighted by Gasteiger charge is -2.33. The highest BCUT2D eigenvalue weighted by molar-refractivity contribution is 5.85. The first-order chi connectivity index (χ1) is 9.05. The van der Waals surface area contributed by atoms with Gasteiger partial charge in [-0.25, -0.2) is 0 Å². The molecule has 0 saturated carbocycles. The van der Waals surface area contributed by atoms with Gasteiger partial charge in [0, 0.05) is 32.2 Å². The zero-order valence-corrected chi connectivity index (χ0v) is 13.1. The van der Waals surface area contributed by atoms with Crippen molar-refractivity contribution >= 4 is 24.8 Å². The van der Waals surface area contributed by atoms with Crippen molar-refractivity contribution in [2.24, 2.45) is 0 Å². The van der Waals surface area contributed by atoms with Crippen molar-refractivity contribution in [2.45, 2.75) is 19.3 Å². The van der Waals surface area contributed by atoms with Gasteiger partial charge in [0.25, 0.3) is 0 Å². The maximum Gasteiger partial charge on any atom is 0.586 e. The first kappa shape index (κ1) is 18.2. The topological polar surface area (TPSA) is 33.7 Å². The Morgan fingerprint density at radius 1 is 1.14 bits per heavy atom. The molecule has 1 aromatic rings. The molecule has 2 heterocycles. The summed E-state index contributed by atoms with van der Waals surface area (Å²) in [4.78, 5) is 2.31. The second-order valence-electron chi connectivity index (χ2n) is 4.84. The van der Waals surface area contributed by atoms with Crippen LogP contribution in [0.4, 0.5) is 8.78 Å². The predicted octanol–water partition coefficient (Wildman–Crippen LogP) is 2.82. The Hall–Kier alpha value is -0.820. The summed E-state index contributed by atoms with van der Waals surface area (Å²) in [7, 11) is 0. The van der Waals surface area contributed by atoms with Crippen molar-refractivity contribution in [3.05, 3.63) is 23.8 Å². The van der Waals surface area contributed by atoms with Gasteiger partial charge in [-0.3, -0.25) is 4.90 Å². The number of ether oxygens (including phenoxy) is 2. The average Bonchev–Trinajstić information content (AvgIpc) is 2.71. The molecular formula is C13H18Cl2F2N2O2. The van der Waals surface area contributed by atoms with Gasteiger partial charge in [0.05, 0.1) is 0 Å². The molecule has 1 atom stereocenters. The van der Waals surface area contributed by atoms with E-state index < -0.39 is 6.29 Å². The number of hydrogen-bond donors (Lipinski definition) is 1. The summed E-state index contributed by atoms with van der Waals surface area (Å²) in [6.45, 7) is 5.87. The van der Waals surface area contributed by atoms with E-state index in [1.165, 1.54) is 0 Å². The number of halogens is 4. The number of alkyl halides is 2. The molecule has 1 N–H and O–H groups in total. The molecule has 8 heteroatoms. The van der Waals surface area contributed by atoms with Crippen LogP contribution >= 0.6 is 24.8 Å². The number of nitrogens with zero attached hydrogens (tertiary/aromatic N) is 1. The van der Waals surface area contributed by atoms with Crippen LogP contribution in [0.2, 0.25) is 0 Å². The number of benzene rings is 1. The standard InChI is InChI=1S/C13H16F2N2O2.2ClH/c1-9(17-6-4-16-5-7-17)10-2-3-11-12(8-10)19-13(14,15)18-11;;/h2-3,8-9,16H,4-7H2,1H3;2*1H. The summed E-state index contributed by atoms with van der Waals surface area (Å²) in [5, 5.41) is 3.29. The molecule has 2 aliphatic rings. The lowest BCUT2D eigenvalue weighted by atomic mass is 10.1. The molecule has 0 aliphatic carbocycles. The molecule has 0 amide bonds. The van der Waals surface area contributed by atoms with Gasteiger partial charge in [0.2, 0.25) is 0 Å². The number of hydrogen-bond acceptors (Lipinski definition) is 4. The van der Waals surface area contributed by atoms with Crippen molar-refractivity contribution in [2.75, 3.05) is 26.2 Å². The molecule has 21 heavy (non-hydrogen) atoms. The molecule has 0 aromatic heterocycles. The SMILES string of the molecule is CC(c1ccc2c(c1)OC(F)(F)O2)N1CCNCC1.Cl.Cl. The highest BCUT2D eigenvalue weighted by Gasteiger charge is 2.43. The molecule has 120 valence electrons. The van der Waals surface area contributed by atoms with Gasteiger partial charge >= 0.3 is 6.29 Å². The normalized spacial score (nSPS) is 21.1. The third kappa shape index (κ3) is 3.88. The minimum absolute atomic E-state index is 0. The quantitative estimate of drug-likeness (QED) is 0.896. The molecule has 1 fully saturated rings. The van der Waals surface area contributed by atoms with Gasteiger partial charge in [-0.15, -0.1) is 33.6 Å². The monoisotopic (exact) mass is 342 g/mol. The lowest BCUT2D eigenvalue weighted by molar-refractivity contribution is -0.286. The number of rotatable bonds is 2. The second kappa shape index (κ2) is 6.96. The molecule has 4 nitrogen and oxygen atoms in total. The summed E-state index contributed by atoms with van der Waals surface area (Å²) >= 11 is 0. The zero-order valence-electron chi connectivity index (χ0n) is 11.5. The fourth-order valence-electron chi connectivity index (χ4n) is 2.51. The van der Waals surface area contributed by atoms with Crippen LogP contribution in [0.1, 0.15) is 18.5 Å².